The topological polar surface area (TPSA) is 352 Å². The highest BCUT2D eigenvalue weighted by Gasteiger charge is 2.47. The number of anilines is 12. The molecule has 31 nitrogen and oxygen atoms in total. The molecule has 19 rings (SSSR count). The molecule has 3 saturated carbocycles. The van der Waals surface area contributed by atoms with Crippen LogP contribution in [-0.4, -0.2) is 209 Å². The van der Waals surface area contributed by atoms with Gasteiger partial charge in [-0.15, -0.1) is 0 Å². The number of halogens is 4. The molecule has 8 amide bonds. The highest BCUT2D eigenvalue weighted by atomic mass is 19.4. The molecule has 0 unspecified atom stereocenters. The van der Waals surface area contributed by atoms with Crippen molar-refractivity contribution >= 4 is 117 Å². The van der Waals surface area contributed by atoms with Gasteiger partial charge in [-0.25, -0.2) is 63.4 Å². The summed E-state index contributed by atoms with van der Waals surface area (Å²) in [6.45, 7) is 9.90. The van der Waals surface area contributed by atoms with Crippen LogP contribution in [0.4, 0.5) is 106 Å². The molecule has 0 spiro atoms. The first-order chi connectivity index (χ1) is 59.9. The Balaban J connectivity index is 0.000000122. The van der Waals surface area contributed by atoms with Gasteiger partial charge in [0.25, 0.3) is 0 Å². The van der Waals surface area contributed by atoms with Gasteiger partial charge in [0.1, 0.15) is 51.9 Å². The lowest BCUT2D eigenvalue weighted by molar-refractivity contribution is -0.168. The van der Waals surface area contributed by atoms with E-state index in [1.807, 2.05) is 41.3 Å². The summed E-state index contributed by atoms with van der Waals surface area (Å²) in [6.07, 6.45) is 11.9. The van der Waals surface area contributed by atoms with Crippen LogP contribution in [0.1, 0.15) is 144 Å². The van der Waals surface area contributed by atoms with E-state index in [9.17, 15) is 61.0 Å². The molecule has 8 bridgehead atoms. The van der Waals surface area contributed by atoms with Gasteiger partial charge in [-0.3, -0.25) is 60.0 Å². The standard InChI is InChI=1S/2C23H27N5O3.C22H25N5O3.C21H21F4N5O2/c2*1-31-14-16(15-5-6-15)12-20(29)18-7-8-19-22(25-18)28(17-9-11-27(19)13-17)23(30)26-21-4-2-3-10-24-21;28-13-15(14-4-5-14)11-19(29)17-6-7-18-21(24-17)27(16-8-10-26(18)12-16)22(30)25-20-3-1-2-9-23-20;1-11-7-13(22)9-26-18(11)28-20(32)30-14-5-6-29(10-14)16-4-3-15(27-19(16)30)17(31)8-12(2)21(23,24)25/h2*2-4,7-8,10,15-17H,5-6,9,11-14H2,1H3,(H,24,26,30);1-3,6-7,9,14-16,28H,4-5,8,10-13H2,(H,23,25,30);3-4,7,9,12,14H,5-6,8,10H2,1-2H3,(H,26,28,32)/t2*16-,17-;15-,16-;12-,14-/m0000/s1. The summed E-state index contributed by atoms with van der Waals surface area (Å²) in [6, 6.07) is 29.9. The largest absolute Gasteiger partial charge is 0.396 e. The fraction of sp³-hybridized carbons (Fsp3) is 0.461. The molecule has 8 aromatic rings. The molecule has 0 radical (unpaired) electrons. The van der Waals surface area contributed by atoms with E-state index in [2.05, 4.69) is 65.9 Å². The molecular formula is C89H100F4N20O11. The van der Waals surface area contributed by atoms with E-state index in [0.717, 1.165) is 127 Å². The van der Waals surface area contributed by atoms with Crippen LogP contribution in [0.5, 0.6) is 0 Å². The number of nitrogens with one attached hydrogen (secondary N) is 4. The second-order valence-corrected chi connectivity index (χ2v) is 33.7. The lowest BCUT2D eigenvalue weighted by Gasteiger charge is -2.35. The van der Waals surface area contributed by atoms with Crippen LogP contribution in [0.25, 0.3) is 0 Å². The molecule has 0 aromatic carbocycles. The van der Waals surface area contributed by atoms with Crippen molar-refractivity contribution in [2.24, 2.45) is 41.4 Å². The molecule has 4 saturated heterocycles. The molecule has 8 atom stereocenters. The predicted molar refractivity (Wildman–Crippen MR) is 458 cm³/mol. The van der Waals surface area contributed by atoms with E-state index >= 15 is 0 Å². The maximum atomic E-state index is 13.3. The van der Waals surface area contributed by atoms with E-state index in [1.54, 1.807) is 115 Å². The number of ether oxygens (including phenoxy) is 2. The van der Waals surface area contributed by atoms with Crippen molar-refractivity contribution in [1.82, 2.24) is 39.9 Å². The number of hydrogen-bond donors (Lipinski definition) is 5. The molecule has 5 N–H and O–H groups in total. The average molecular weight is 1700 g/mol. The molecule has 8 aromatic heterocycles. The van der Waals surface area contributed by atoms with Crippen LogP contribution in [0.3, 0.4) is 0 Å². The van der Waals surface area contributed by atoms with Crippen LogP contribution < -0.4 is 60.5 Å². The molecule has 16 heterocycles. The van der Waals surface area contributed by atoms with E-state index in [0.29, 0.717) is 133 Å². The normalized spacial score (nSPS) is 19.9. The number of pyridine rings is 8. The molecule has 8 aliphatic heterocycles. The van der Waals surface area contributed by atoms with Gasteiger partial charge in [0.05, 0.1) is 59.0 Å². The van der Waals surface area contributed by atoms with Gasteiger partial charge in [0.2, 0.25) is 0 Å². The highest BCUT2D eigenvalue weighted by Crippen LogP contribution is 2.47. The van der Waals surface area contributed by atoms with Crippen molar-refractivity contribution in [1.29, 1.82) is 0 Å². The average Bonchev–Trinajstić information content (AvgIpc) is 1.66. The van der Waals surface area contributed by atoms with Crippen LogP contribution in [0.15, 0.2) is 134 Å². The van der Waals surface area contributed by atoms with Gasteiger partial charge < -0.3 is 34.2 Å². The lowest BCUT2D eigenvalue weighted by atomic mass is 9.96. The Kier molecular flexibility index (Phi) is 25.5. The summed E-state index contributed by atoms with van der Waals surface area (Å²) in [5.41, 5.74) is 4.78. The van der Waals surface area contributed by atoms with Gasteiger partial charge >= 0.3 is 30.3 Å². The first-order valence-corrected chi connectivity index (χ1v) is 42.5. The number of aromatic nitrogens is 8. The first-order valence-electron chi connectivity index (χ1n) is 42.5. The highest BCUT2D eigenvalue weighted by molar-refractivity contribution is 6.09. The second kappa shape index (κ2) is 37.1. The molecular weight excluding hydrogens is 1600 g/mol. The van der Waals surface area contributed by atoms with Crippen molar-refractivity contribution in [3.8, 4) is 0 Å². The Morgan fingerprint density at radius 2 is 0.750 bits per heavy atom. The Labute approximate surface area is 714 Å². The number of urea groups is 4. The number of aryl methyl sites for hydroxylation is 1. The minimum atomic E-state index is -4.49. The van der Waals surface area contributed by atoms with Gasteiger partial charge in [-0.05, 0) is 203 Å². The number of rotatable bonds is 24. The minimum absolute atomic E-state index is 0.00109. The third-order valence-corrected chi connectivity index (χ3v) is 25.1. The number of aliphatic hydroxyl groups is 1. The van der Waals surface area contributed by atoms with Crippen molar-refractivity contribution < 1.29 is 70.5 Å². The number of alkyl halides is 3. The quantitative estimate of drug-likeness (QED) is 0.0277. The SMILES string of the molecule is COC[C@H](CC(=O)c1ccc2c(n1)N(C(=O)Nc1ccccn1)[C@H]1CCN2C1)C1CC1.COC[C@H](CC(=O)c1ccc2c(n1)N(C(=O)Nc1ccccn1)[C@H]1CCN2C1)C1CC1.Cc1cc(F)cnc1NC(=O)N1c2nc(C(=O)C[C@H](C)C(F)(F)F)ccc2N2CC[C@H]1C2.O=C(C[C@@H](CO)C1CC1)c1ccc2c(n1)N(C(=O)Nc1ccccn1)[C@H]1CCN2C1. The zero-order valence-electron chi connectivity index (χ0n) is 69.4. The van der Waals surface area contributed by atoms with Crippen LogP contribution in [0, 0.1) is 54.2 Å². The Bertz CT molecular complexity index is 5130. The number of carbonyl (C=O) groups excluding carboxylic acids is 8. The third kappa shape index (κ3) is 19.2. The summed E-state index contributed by atoms with van der Waals surface area (Å²) in [5, 5.41) is 20.9. The smallest absolute Gasteiger partial charge is 0.391 e. The van der Waals surface area contributed by atoms with E-state index < -0.39 is 36.1 Å². The van der Waals surface area contributed by atoms with Gasteiger partial charge in [-0.1, -0.05) is 25.1 Å². The molecule has 35 heteroatoms. The van der Waals surface area contributed by atoms with Gasteiger partial charge in [0.15, 0.2) is 46.4 Å². The monoisotopic (exact) mass is 1700 g/mol. The molecule has 7 fully saturated rings. The van der Waals surface area contributed by atoms with Crippen molar-refractivity contribution in [3.05, 3.63) is 168 Å². The maximum absolute atomic E-state index is 13.3. The van der Waals surface area contributed by atoms with E-state index in [-0.39, 0.29) is 101 Å². The van der Waals surface area contributed by atoms with Gasteiger partial charge in [0, 0.05) is 131 Å². The Morgan fingerprint density at radius 1 is 0.435 bits per heavy atom. The van der Waals surface area contributed by atoms with Crippen molar-refractivity contribution in [2.45, 2.75) is 134 Å². The second-order valence-electron chi connectivity index (χ2n) is 33.7. The number of hydrogen-bond acceptors (Lipinski definition) is 23. The molecule has 11 aliphatic rings. The number of carbonyl (C=O) groups is 8. The van der Waals surface area contributed by atoms with Crippen LogP contribution in [-0.2, 0) is 9.47 Å². The van der Waals surface area contributed by atoms with Crippen LogP contribution in [0.2, 0.25) is 0 Å². The molecule has 650 valence electrons. The number of methoxy groups -OCH3 is 2. The summed E-state index contributed by atoms with van der Waals surface area (Å²) in [4.78, 5) is 154. The zero-order valence-corrected chi connectivity index (χ0v) is 69.4. The number of amides is 8. The number of aliphatic hydroxyl groups excluding tert-OH is 1. The Hall–Kier alpha value is -12.2. The van der Waals surface area contributed by atoms with Crippen LogP contribution >= 0.6 is 0 Å². The lowest BCUT2D eigenvalue weighted by Crippen LogP contribution is -2.48. The maximum Gasteiger partial charge on any atom is 0.391 e. The number of ketones is 4. The third-order valence-electron chi connectivity index (χ3n) is 25.1. The summed E-state index contributed by atoms with van der Waals surface area (Å²) in [7, 11) is 3.36. The fourth-order valence-electron chi connectivity index (χ4n) is 17.9. The number of Topliss-reactive ketones (excluding diaryl/α,β-unsaturated/α-hetero) is 4. The predicted octanol–water partition coefficient (Wildman–Crippen LogP) is 13.7. The molecule has 124 heavy (non-hydrogen) atoms. The van der Waals surface area contributed by atoms with Crippen molar-refractivity contribution in [3.63, 3.8) is 0 Å². The van der Waals surface area contributed by atoms with E-state index in [1.165, 1.54) is 17.0 Å². The number of fused-ring (bicyclic) bond motifs is 16. The minimum Gasteiger partial charge on any atom is -0.396 e. The summed E-state index contributed by atoms with van der Waals surface area (Å²) < 4.78 is 62.6. The molecule has 3 aliphatic carbocycles. The van der Waals surface area contributed by atoms with Gasteiger partial charge in [-0.2, -0.15) is 13.2 Å². The Morgan fingerprint density at radius 3 is 1.04 bits per heavy atom. The number of nitrogens with zero attached hydrogens (tertiary/aromatic N) is 16. The van der Waals surface area contributed by atoms with Crippen molar-refractivity contribution in [2.75, 3.05) is 147 Å². The fourth-order valence-corrected chi connectivity index (χ4v) is 17.9. The first kappa shape index (κ1) is 85.3. The van der Waals surface area contributed by atoms with E-state index in [4.69, 9.17) is 19.4 Å². The zero-order chi connectivity index (χ0) is 86.6. The summed E-state index contributed by atoms with van der Waals surface area (Å²) >= 11 is 0. The summed E-state index contributed by atoms with van der Waals surface area (Å²) in [5.74, 6) is 2.41.